The van der Waals surface area contributed by atoms with Gasteiger partial charge in [0.15, 0.2) is 0 Å². The predicted molar refractivity (Wildman–Crippen MR) is 119 cm³/mol. The fourth-order valence-corrected chi connectivity index (χ4v) is 3.04. The summed E-state index contributed by atoms with van der Waals surface area (Å²) >= 11 is 3.41. The molecule has 0 fully saturated rings. The monoisotopic (exact) mass is 461 g/mol. The Balaban J connectivity index is 2.02. The first-order valence-corrected chi connectivity index (χ1v) is 10.8. The smallest absolute Gasteiger partial charge is 0.338 e. The normalized spacial score (nSPS) is 10.4. The number of anilines is 1. The average Bonchev–Trinajstić information content (AvgIpc) is 2.73. The highest BCUT2D eigenvalue weighted by atomic mass is 79.9. The van der Waals surface area contributed by atoms with E-state index in [1.807, 2.05) is 13.0 Å². The van der Waals surface area contributed by atoms with E-state index in [0.29, 0.717) is 35.8 Å². The minimum Gasteiger partial charge on any atom is -0.493 e. The first-order chi connectivity index (χ1) is 14.0. The van der Waals surface area contributed by atoms with Crippen molar-refractivity contribution in [3.8, 4) is 5.75 Å². The number of halogens is 1. The number of nitrogens with one attached hydrogen (secondary N) is 1. The molecule has 0 bridgehead atoms. The van der Waals surface area contributed by atoms with Crippen molar-refractivity contribution in [2.75, 3.05) is 18.5 Å². The van der Waals surface area contributed by atoms with E-state index < -0.39 is 0 Å². The molecule has 1 amide bonds. The van der Waals surface area contributed by atoms with Crippen molar-refractivity contribution in [1.29, 1.82) is 0 Å². The maximum absolute atomic E-state index is 12.8. The van der Waals surface area contributed by atoms with E-state index in [2.05, 4.69) is 28.2 Å². The van der Waals surface area contributed by atoms with Gasteiger partial charge in [0.25, 0.3) is 5.91 Å². The lowest BCUT2D eigenvalue weighted by atomic mass is 10.1. The summed E-state index contributed by atoms with van der Waals surface area (Å²) < 4.78 is 11.8. The van der Waals surface area contributed by atoms with Gasteiger partial charge in [0.2, 0.25) is 0 Å². The quantitative estimate of drug-likeness (QED) is 0.318. The molecule has 0 atom stereocenters. The van der Waals surface area contributed by atoms with Gasteiger partial charge in [0.1, 0.15) is 5.75 Å². The van der Waals surface area contributed by atoms with Gasteiger partial charge in [-0.25, -0.2) is 4.79 Å². The van der Waals surface area contributed by atoms with Crippen LogP contribution < -0.4 is 10.1 Å². The van der Waals surface area contributed by atoms with E-state index in [1.54, 1.807) is 36.4 Å². The largest absolute Gasteiger partial charge is 0.493 e. The zero-order valence-electron chi connectivity index (χ0n) is 17.0. The fourth-order valence-electron chi connectivity index (χ4n) is 2.68. The van der Waals surface area contributed by atoms with Crippen molar-refractivity contribution in [2.24, 2.45) is 0 Å². The molecule has 0 aliphatic heterocycles. The van der Waals surface area contributed by atoms with Crippen molar-refractivity contribution in [1.82, 2.24) is 0 Å². The van der Waals surface area contributed by atoms with E-state index in [0.717, 1.165) is 23.7 Å². The summed E-state index contributed by atoms with van der Waals surface area (Å²) in [6.45, 7) is 5.08. The van der Waals surface area contributed by atoms with E-state index in [4.69, 9.17) is 9.47 Å². The maximum Gasteiger partial charge on any atom is 0.338 e. The van der Waals surface area contributed by atoms with E-state index >= 15 is 0 Å². The molecule has 0 radical (unpaired) electrons. The summed E-state index contributed by atoms with van der Waals surface area (Å²) in [5, 5.41) is 2.85. The Morgan fingerprint density at radius 3 is 2.38 bits per heavy atom. The second-order valence-electron chi connectivity index (χ2n) is 6.72. The lowest BCUT2D eigenvalue weighted by Gasteiger charge is -2.13. The van der Waals surface area contributed by atoms with Crippen LogP contribution in [0, 0.1) is 0 Å². The van der Waals surface area contributed by atoms with Crippen LogP contribution in [-0.2, 0) is 4.74 Å². The Kier molecular flexibility index (Phi) is 9.71. The molecule has 0 aliphatic carbocycles. The molecular weight excluding hydrogens is 434 g/mol. The average molecular weight is 462 g/mol. The molecule has 0 saturated carbocycles. The molecule has 0 heterocycles. The van der Waals surface area contributed by atoms with Crippen molar-refractivity contribution in [2.45, 2.75) is 46.0 Å². The van der Waals surface area contributed by atoms with Crippen molar-refractivity contribution >= 4 is 33.5 Å². The lowest BCUT2D eigenvalue weighted by Crippen LogP contribution is -2.14. The minimum absolute atomic E-state index is 0.267. The summed E-state index contributed by atoms with van der Waals surface area (Å²) in [6.07, 6.45) is 5.19. The molecular formula is C23H28BrNO4. The fraction of sp³-hybridized carbons (Fsp3) is 0.391. The lowest BCUT2D eigenvalue weighted by molar-refractivity contribution is 0.0505. The number of amides is 1. The third kappa shape index (κ3) is 7.54. The van der Waals surface area contributed by atoms with Crippen LogP contribution in [0.2, 0.25) is 0 Å². The Morgan fingerprint density at radius 1 is 0.931 bits per heavy atom. The van der Waals surface area contributed by atoms with Crippen LogP contribution >= 0.6 is 15.9 Å². The number of benzene rings is 2. The van der Waals surface area contributed by atoms with E-state index in [1.165, 1.54) is 12.8 Å². The first kappa shape index (κ1) is 22.9. The van der Waals surface area contributed by atoms with Crippen LogP contribution in [0.15, 0.2) is 46.9 Å². The Labute approximate surface area is 180 Å². The van der Waals surface area contributed by atoms with Gasteiger partial charge in [-0.2, -0.15) is 0 Å². The zero-order chi connectivity index (χ0) is 21.1. The Hall–Kier alpha value is -2.34. The number of carbonyl (C=O) groups is 2. The van der Waals surface area contributed by atoms with E-state index in [9.17, 15) is 9.59 Å². The number of esters is 1. The molecule has 6 heteroatoms. The number of unbranched alkanes of at least 4 members (excludes halogenated alkanes) is 3. The number of ether oxygens (including phenoxy) is 2. The van der Waals surface area contributed by atoms with Gasteiger partial charge in [0, 0.05) is 10.2 Å². The van der Waals surface area contributed by atoms with Gasteiger partial charge in [0.05, 0.1) is 24.3 Å². The topological polar surface area (TPSA) is 64.6 Å². The molecule has 0 aliphatic rings. The molecule has 2 aromatic rings. The summed E-state index contributed by atoms with van der Waals surface area (Å²) in [5.74, 6) is -0.0754. The number of rotatable bonds is 11. The van der Waals surface area contributed by atoms with Crippen molar-refractivity contribution in [3.05, 3.63) is 58.1 Å². The third-order valence-electron chi connectivity index (χ3n) is 4.26. The van der Waals surface area contributed by atoms with Crippen LogP contribution in [0.1, 0.15) is 66.7 Å². The van der Waals surface area contributed by atoms with Gasteiger partial charge in [-0.05, 0) is 55.3 Å². The van der Waals surface area contributed by atoms with Gasteiger partial charge in [-0.1, -0.05) is 49.0 Å². The molecule has 2 aromatic carbocycles. The number of hydrogen-bond donors (Lipinski definition) is 1. The molecule has 1 N–H and O–H groups in total. The molecule has 2 rings (SSSR count). The molecule has 0 aromatic heterocycles. The number of carbonyl (C=O) groups excluding carboxylic acids is 2. The Morgan fingerprint density at radius 2 is 1.69 bits per heavy atom. The van der Waals surface area contributed by atoms with Crippen LogP contribution in [0.5, 0.6) is 5.75 Å². The van der Waals surface area contributed by atoms with Gasteiger partial charge < -0.3 is 14.8 Å². The molecule has 0 unspecified atom stereocenters. The molecule has 156 valence electrons. The maximum atomic E-state index is 12.8. The highest BCUT2D eigenvalue weighted by Gasteiger charge is 2.14. The SMILES string of the molecule is CCCCCCOc1ccc(Br)cc1C(=O)Nc1ccc(C(=O)OCCC)cc1. The molecule has 29 heavy (non-hydrogen) atoms. The summed E-state index contributed by atoms with van der Waals surface area (Å²) in [6, 6.07) is 12.0. The Bertz CT molecular complexity index is 805. The first-order valence-electron chi connectivity index (χ1n) is 10.1. The second kappa shape index (κ2) is 12.3. The van der Waals surface area contributed by atoms with E-state index in [-0.39, 0.29) is 11.9 Å². The van der Waals surface area contributed by atoms with Crippen LogP contribution in [0.4, 0.5) is 5.69 Å². The highest BCUT2D eigenvalue weighted by molar-refractivity contribution is 9.10. The predicted octanol–water partition coefficient (Wildman–Crippen LogP) is 6.23. The summed E-state index contributed by atoms with van der Waals surface area (Å²) in [4.78, 5) is 24.7. The summed E-state index contributed by atoms with van der Waals surface area (Å²) in [7, 11) is 0. The highest BCUT2D eigenvalue weighted by Crippen LogP contribution is 2.25. The number of hydrogen-bond acceptors (Lipinski definition) is 4. The third-order valence-corrected chi connectivity index (χ3v) is 4.75. The standard InChI is InChI=1S/C23H28BrNO4/c1-3-5-6-7-15-28-21-13-10-18(24)16-20(21)22(26)25-19-11-8-17(9-12-19)23(27)29-14-4-2/h8-13,16H,3-7,14-15H2,1-2H3,(H,25,26). The van der Waals surface area contributed by atoms with Crippen molar-refractivity contribution in [3.63, 3.8) is 0 Å². The van der Waals surface area contributed by atoms with Gasteiger partial charge in [-0.15, -0.1) is 0 Å². The summed E-state index contributed by atoms with van der Waals surface area (Å²) in [5.41, 5.74) is 1.51. The molecule has 0 saturated heterocycles. The minimum atomic E-state index is -0.365. The second-order valence-corrected chi connectivity index (χ2v) is 7.63. The zero-order valence-corrected chi connectivity index (χ0v) is 18.6. The van der Waals surface area contributed by atoms with Crippen LogP contribution in [0.3, 0.4) is 0 Å². The molecule has 0 spiro atoms. The van der Waals surface area contributed by atoms with Gasteiger partial charge in [-0.3, -0.25) is 4.79 Å². The van der Waals surface area contributed by atoms with Crippen LogP contribution in [-0.4, -0.2) is 25.1 Å². The van der Waals surface area contributed by atoms with Crippen molar-refractivity contribution < 1.29 is 19.1 Å². The molecule has 5 nitrogen and oxygen atoms in total. The van der Waals surface area contributed by atoms with Gasteiger partial charge >= 0.3 is 5.97 Å². The van der Waals surface area contributed by atoms with Crippen LogP contribution in [0.25, 0.3) is 0 Å².